The Kier molecular flexibility index (Phi) is 14.8. The number of hydrogen-bond acceptors (Lipinski definition) is 1. The van der Waals surface area contributed by atoms with Gasteiger partial charge in [0.1, 0.15) is 0 Å². The Bertz CT molecular complexity index is 801. The van der Waals surface area contributed by atoms with Crippen molar-refractivity contribution in [1.82, 2.24) is 0 Å². The van der Waals surface area contributed by atoms with Crippen LogP contribution in [0.25, 0.3) is 0 Å². The molecule has 2 rings (SSSR count). The summed E-state index contributed by atoms with van der Waals surface area (Å²) in [5.74, 6) is 0.142. The Morgan fingerprint density at radius 2 is 1.24 bits per heavy atom. The maximum atomic E-state index is 11.1. The number of hydrogen-bond donors (Lipinski definition) is 0. The standard InChI is InChI=1S/C21H36Cl2N.C8H9BrO/c1-4-5-6-7-8-9-10-11-12-16-19-24(2,3)21(22,23)20-17-14-13-15-18-20;1-5-3-7(9)4-6(2)8(5)10/h13-15,17-18H,4-12,16,19H2,1-3H3;3-4,10H,1-2H3/q+1;/p-1. The van der Waals surface area contributed by atoms with Crippen LogP contribution in [0.4, 0.5) is 0 Å². The molecule has 0 N–H and O–H groups in total. The molecule has 0 saturated carbocycles. The number of rotatable bonds is 13. The fourth-order valence-corrected chi connectivity index (χ4v) is 5.13. The van der Waals surface area contributed by atoms with Gasteiger partial charge in [0, 0.05) is 10.0 Å². The maximum absolute atomic E-state index is 11.1. The first-order chi connectivity index (χ1) is 16.0. The van der Waals surface area contributed by atoms with Gasteiger partial charge < -0.3 is 5.11 Å². The van der Waals surface area contributed by atoms with Crippen molar-refractivity contribution in [2.75, 3.05) is 20.6 Å². The van der Waals surface area contributed by atoms with Crippen LogP contribution in [0.2, 0.25) is 0 Å². The minimum atomic E-state index is -0.888. The molecule has 0 amide bonds. The third-order valence-corrected chi connectivity index (χ3v) is 8.19. The van der Waals surface area contributed by atoms with Crippen LogP contribution >= 0.6 is 39.1 Å². The Morgan fingerprint density at radius 3 is 1.71 bits per heavy atom. The number of alkyl halides is 2. The van der Waals surface area contributed by atoms with Crippen molar-refractivity contribution >= 4 is 39.1 Å². The van der Waals surface area contributed by atoms with Crippen LogP contribution in [0.1, 0.15) is 87.8 Å². The van der Waals surface area contributed by atoms with E-state index in [2.05, 4.69) is 36.9 Å². The number of quaternary nitrogens is 1. The van der Waals surface area contributed by atoms with E-state index in [-0.39, 0.29) is 5.75 Å². The van der Waals surface area contributed by atoms with Gasteiger partial charge in [-0.1, -0.05) is 104 Å². The molecule has 0 heterocycles. The summed E-state index contributed by atoms with van der Waals surface area (Å²) in [6.07, 6.45) is 13.5. The molecule has 0 atom stereocenters. The van der Waals surface area contributed by atoms with E-state index >= 15 is 0 Å². The lowest BCUT2D eigenvalue weighted by Gasteiger charge is -2.40. The summed E-state index contributed by atoms with van der Waals surface area (Å²) in [7, 11) is 4.25. The topological polar surface area (TPSA) is 23.1 Å². The summed E-state index contributed by atoms with van der Waals surface area (Å²) in [5, 5.41) is 11.1. The van der Waals surface area contributed by atoms with E-state index in [9.17, 15) is 5.11 Å². The molecule has 0 spiro atoms. The third kappa shape index (κ3) is 10.9. The molecular formula is C29H44BrCl2NO. The zero-order chi connectivity index (χ0) is 25.6. The number of aryl methyl sites for hydroxylation is 2. The number of halogens is 3. The molecule has 5 heteroatoms. The molecule has 192 valence electrons. The monoisotopic (exact) mass is 571 g/mol. The fraction of sp³-hybridized carbons (Fsp3) is 0.586. The zero-order valence-electron chi connectivity index (χ0n) is 21.8. The molecule has 0 fully saturated rings. The second-order valence-electron chi connectivity index (χ2n) is 9.87. The molecule has 0 aliphatic heterocycles. The molecule has 2 nitrogen and oxygen atoms in total. The van der Waals surface area contributed by atoms with Gasteiger partial charge in [0.15, 0.2) is 0 Å². The molecule has 2 aromatic rings. The van der Waals surface area contributed by atoms with Crippen molar-refractivity contribution in [3.05, 3.63) is 63.6 Å². The van der Waals surface area contributed by atoms with E-state index in [1.165, 1.54) is 64.2 Å². The van der Waals surface area contributed by atoms with E-state index in [0.717, 1.165) is 27.7 Å². The van der Waals surface area contributed by atoms with E-state index < -0.39 is 4.46 Å². The third-order valence-electron chi connectivity index (χ3n) is 6.38. The Morgan fingerprint density at radius 1 is 0.794 bits per heavy atom. The minimum Gasteiger partial charge on any atom is -0.872 e. The average molecular weight is 573 g/mol. The van der Waals surface area contributed by atoms with Gasteiger partial charge in [-0.3, -0.25) is 4.48 Å². The van der Waals surface area contributed by atoms with Gasteiger partial charge in [0.25, 0.3) is 4.46 Å². The van der Waals surface area contributed by atoms with E-state index in [0.29, 0.717) is 4.48 Å². The summed E-state index contributed by atoms with van der Waals surface area (Å²) < 4.78 is 0.680. The van der Waals surface area contributed by atoms with Crippen molar-refractivity contribution in [1.29, 1.82) is 0 Å². The van der Waals surface area contributed by atoms with Gasteiger partial charge in [-0.05, 0) is 74.2 Å². The Hall–Kier alpha value is -0.740. The molecule has 0 aromatic heterocycles. The summed E-state index contributed by atoms with van der Waals surface area (Å²) in [4.78, 5) is 0. The van der Waals surface area contributed by atoms with Gasteiger partial charge in [0.2, 0.25) is 0 Å². The molecule has 34 heavy (non-hydrogen) atoms. The first-order valence-electron chi connectivity index (χ1n) is 12.7. The fourth-order valence-electron chi connectivity index (χ4n) is 4.02. The lowest BCUT2D eigenvalue weighted by molar-refractivity contribution is -0.920. The van der Waals surface area contributed by atoms with Crippen LogP contribution in [0.3, 0.4) is 0 Å². The normalized spacial score (nSPS) is 11.8. The van der Waals surface area contributed by atoms with Gasteiger partial charge in [-0.25, -0.2) is 0 Å². The van der Waals surface area contributed by atoms with Crippen LogP contribution in [0, 0.1) is 13.8 Å². The number of unbranched alkanes of at least 4 members (excludes halogenated alkanes) is 9. The highest BCUT2D eigenvalue weighted by molar-refractivity contribution is 9.10. The highest BCUT2D eigenvalue weighted by Crippen LogP contribution is 2.41. The van der Waals surface area contributed by atoms with E-state index in [1.54, 1.807) is 0 Å². The van der Waals surface area contributed by atoms with Crippen LogP contribution < -0.4 is 5.11 Å². The van der Waals surface area contributed by atoms with Gasteiger partial charge in [0.05, 0.1) is 20.6 Å². The first-order valence-corrected chi connectivity index (χ1v) is 14.3. The van der Waals surface area contributed by atoms with Crippen molar-refractivity contribution in [3.8, 4) is 5.75 Å². The molecule has 0 unspecified atom stereocenters. The molecular weight excluding hydrogens is 529 g/mol. The molecule has 0 aliphatic carbocycles. The van der Waals surface area contributed by atoms with Crippen LogP contribution in [0.5, 0.6) is 5.75 Å². The van der Waals surface area contributed by atoms with E-state index in [4.69, 9.17) is 23.2 Å². The van der Waals surface area contributed by atoms with Crippen molar-refractivity contribution in [3.63, 3.8) is 0 Å². The molecule has 0 aliphatic rings. The molecule has 2 aromatic carbocycles. The molecule has 0 bridgehead atoms. The molecule has 0 radical (unpaired) electrons. The summed E-state index contributed by atoms with van der Waals surface area (Å²) in [6, 6.07) is 13.7. The van der Waals surface area contributed by atoms with Crippen molar-refractivity contribution in [2.24, 2.45) is 0 Å². The second-order valence-corrected chi connectivity index (χ2v) is 12.1. The minimum absolute atomic E-state index is 0.142. The second kappa shape index (κ2) is 16.1. The summed E-state index contributed by atoms with van der Waals surface area (Å²) in [6.45, 7) is 6.91. The quantitative estimate of drug-likeness (QED) is 0.101. The highest BCUT2D eigenvalue weighted by Gasteiger charge is 2.43. The zero-order valence-corrected chi connectivity index (χ0v) is 24.9. The van der Waals surface area contributed by atoms with Crippen LogP contribution in [0.15, 0.2) is 46.9 Å². The Balaban J connectivity index is 0.000000479. The van der Waals surface area contributed by atoms with Gasteiger partial charge in [-0.2, -0.15) is 0 Å². The smallest absolute Gasteiger partial charge is 0.277 e. The van der Waals surface area contributed by atoms with E-state index in [1.807, 2.05) is 56.3 Å². The van der Waals surface area contributed by atoms with Gasteiger partial charge in [-0.15, -0.1) is 5.75 Å². The molecule has 0 saturated heterocycles. The largest absolute Gasteiger partial charge is 0.872 e. The van der Waals surface area contributed by atoms with Crippen molar-refractivity contribution in [2.45, 2.75) is 89.4 Å². The maximum Gasteiger partial charge on any atom is 0.277 e. The Labute approximate surface area is 227 Å². The lowest BCUT2D eigenvalue weighted by Crippen LogP contribution is -2.51. The predicted molar refractivity (Wildman–Crippen MR) is 152 cm³/mol. The SMILES string of the molecule is CCCCCCCCCCCC[N+](C)(C)C(Cl)(Cl)c1ccccc1.Cc1cc(Br)cc(C)c1[O-]. The highest BCUT2D eigenvalue weighted by atomic mass is 79.9. The average Bonchev–Trinajstić information content (AvgIpc) is 2.79. The lowest BCUT2D eigenvalue weighted by atomic mass is 10.1. The predicted octanol–water partition coefficient (Wildman–Crippen LogP) is 9.41. The van der Waals surface area contributed by atoms with Crippen molar-refractivity contribution < 1.29 is 9.59 Å². The summed E-state index contributed by atoms with van der Waals surface area (Å²) >= 11 is 16.7. The van der Waals surface area contributed by atoms with Crippen LogP contribution in [-0.2, 0) is 4.46 Å². The van der Waals surface area contributed by atoms with Crippen LogP contribution in [-0.4, -0.2) is 25.1 Å². The number of benzene rings is 2. The number of nitrogens with zero attached hydrogens (tertiary/aromatic N) is 1. The summed E-state index contributed by atoms with van der Waals surface area (Å²) in [5.41, 5.74) is 2.57. The van der Waals surface area contributed by atoms with Gasteiger partial charge >= 0.3 is 0 Å². The first kappa shape index (κ1) is 31.3.